The number of hydrogen-bond acceptors (Lipinski definition) is 5. The number of hydrogen-bond donors (Lipinski definition) is 0. The quantitative estimate of drug-likeness (QED) is 0.549. The summed E-state index contributed by atoms with van der Waals surface area (Å²) in [7, 11) is -3.68. The summed E-state index contributed by atoms with van der Waals surface area (Å²) in [5.74, 6) is -1.03. The van der Waals surface area contributed by atoms with Gasteiger partial charge < -0.3 is 9.64 Å². The van der Waals surface area contributed by atoms with Crippen LogP contribution in [0, 0.1) is 6.92 Å². The summed E-state index contributed by atoms with van der Waals surface area (Å²) >= 11 is 0. The van der Waals surface area contributed by atoms with E-state index in [9.17, 15) is 18.0 Å². The number of benzene rings is 2. The van der Waals surface area contributed by atoms with Crippen LogP contribution in [0.1, 0.15) is 61.5 Å². The van der Waals surface area contributed by atoms with Gasteiger partial charge in [0.1, 0.15) is 0 Å². The lowest BCUT2D eigenvalue weighted by Gasteiger charge is -2.35. The van der Waals surface area contributed by atoms with Gasteiger partial charge in [-0.1, -0.05) is 42.8 Å². The predicted molar refractivity (Wildman–Crippen MR) is 131 cm³/mol. The molecule has 8 heteroatoms. The molecule has 0 spiro atoms. The van der Waals surface area contributed by atoms with Crippen molar-refractivity contribution in [1.82, 2.24) is 9.21 Å². The number of esters is 1. The topological polar surface area (TPSA) is 84.0 Å². The molecule has 1 amide bonds. The van der Waals surface area contributed by atoms with Crippen LogP contribution < -0.4 is 0 Å². The van der Waals surface area contributed by atoms with Crippen LogP contribution in [-0.4, -0.2) is 54.7 Å². The molecule has 0 aliphatic carbocycles. The molecule has 0 N–H and O–H groups in total. The van der Waals surface area contributed by atoms with Crippen LogP contribution in [0.4, 0.5) is 0 Å². The Bertz CT molecular complexity index is 1120. The van der Waals surface area contributed by atoms with Crippen molar-refractivity contribution >= 4 is 21.9 Å². The first-order valence-corrected chi connectivity index (χ1v) is 13.1. The molecular formula is C26H34N2O5S. The number of piperidine rings is 1. The molecule has 1 fully saturated rings. The fourth-order valence-electron chi connectivity index (χ4n) is 3.98. The van der Waals surface area contributed by atoms with Crippen molar-refractivity contribution in [3.05, 3.63) is 65.2 Å². The van der Waals surface area contributed by atoms with Gasteiger partial charge in [-0.05, 0) is 63.8 Å². The monoisotopic (exact) mass is 486 g/mol. The van der Waals surface area contributed by atoms with Crippen LogP contribution in [0.3, 0.4) is 0 Å². The Hall–Kier alpha value is -2.71. The maximum Gasteiger partial charge on any atom is 0.338 e. The summed E-state index contributed by atoms with van der Waals surface area (Å²) in [5.41, 5.74) is 1.24. The lowest BCUT2D eigenvalue weighted by Crippen LogP contribution is -2.46. The predicted octanol–water partition coefficient (Wildman–Crippen LogP) is 4.15. The minimum atomic E-state index is -3.68. The molecule has 1 saturated heterocycles. The lowest BCUT2D eigenvalue weighted by molar-refractivity contribution is -0.140. The number of amides is 1. The molecule has 34 heavy (non-hydrogen) atoms. The van der Waals surface area contributed by atoms with E-state index in [0.29, 0.717) is 25.2 Å². The standard InChI is InChI=1S/C26H34N2O5S/c1-20-13-14-22(34(31,32)27-15-9-6-10-16-27)17-23(20)25(30)33-19-24(29)28(26(2,3)4)18-21-11-7-5-8-12-21/h5,7-8,11-14,17H,6,9-10,15-16,18-19H2,1-4H3. The molecule has 2 aromatic rings. The second-order valence-corrected chi connectivity index (χ2v) is 11.6. The summed E-state index contributed by atoms with van der Waals surface area (Å²) in [6, 6.07) is 14.1. The molecular weight excluding hydrogens is 452 g/mol. The molecule has 1 aliphatic rings. The van der Waals surface area contributed by atoms with Crippen LogP contribution in [0.2, 0.25) is 0 Å². The zero-order chi connectivity index (χ0) is 24.9. The zero-order valence-electron chi connectivity index (χ0n) is 20.4. The SMILES string of the molecule is Cc1ccc(S(=O)(=O)N2CCCCC2)cc1C(=O)OCC(=O)N(Cc1ccccc1)C(C)(C)C. The molecule has 0 unspecified atom stereocenters. The number of sulfonamides is 1. The Morgan fingerprint density at radius 2 is 1.65 bits per heavy atom. The van der Waals surface area contributed by atoms with Gasteiger partial charge >= 0.3 is 5.97 Å². The average molecular weight is 487 g/mol. The van der Waals surface area contributed by atoms with Crippen molar-refractivity contribution in [2.75, 3.05) is 19.7 Å². The number of nitrogens with zero attached hydrogens (tertiary/aromatic N) is 2. The first-order valence-electron chi connectivity index (χ1n) is 11.6. The molecule has 0 bridgehead atoms. The van der Waals surface area contributed by atoms with Crippen LogP contribution >= 0.6 is 0 Å². The largest absolute Gasteiger partial charge is 0.452 e. The van der Waals surface area contributed by atoms with Crippen molar-refractivity contribution < 1.29 is 22.7 Å². The highest BCUT2D eigenvalue weighted by atomic mass is 32.2. The summed E-state index contributed by atoms with van der Waals surface area (Å²) in [6.07, 6.45) is 2.67. The number of rotatable bonds is 7. The van der Waals surface area contributed by atoms with Gasteiger partial charge in [0.05, 0.1) is 10.5 Å². The first-order chi connectivity index (χ1) is 16.0. The van der Waals surface area contributed by atoms with Gasteiger partial charge in [-0.25, -0.2) is 13.2 Å². The highest BCUT2D eigenvalue weighted by Gasteiger charge is 2.29. The molecule has 0 atom stereocenters. The van der Waals surface area contributed by atoms with Gasteiger partial charge in [-0.2, -0.15) is 4.31 Å². The Labute approximate surface area is 202 Å². The van der Waals surface area contributed by atoms with E-state index in [2.05, 4.69) is 0 Å². The fraction of sp³-hybridized carbons (Fsp3) is 0.462. The normalized spacial score (nSPS) is 15.1. The van der Waals surface area contributed by atoms with Gasteiger partial charge in [0, 0.05) is 25.2 Å². The molecule has 0 radical (unpaired) electrons. The molecule has 184 valence electrons. The second-order valence-electron chi connectivity index (χ2n) is 9.65. The zero-order valence-corrected chi connectivity index (χ0v) is 21.2. The minimum Gasteiger partial charge on any atom is -0.452 e. The van der Waals surface area contributed by atoms with E-state index in [-0.39, 0.29) is 16.4 Å². The van der Waals surface area contributed by atoms with Crippen molar-refractivity contribution in [3.63, 3.8) is 0 Å². The van der Waals surface area contributed by atoms with E-state index < -0.39 is 28.1 Å². The third-order valence-electron chi connectivity index (χ3n) is 6.00. The van der Waals surface area contributed by atoms with Gasteiger partial charge in [0.25, 0.3) is 5.91 Å². The molecule has 1 aliphatic heterocycles. The van der Waals surface area contributed by atoms with E-state index in [1.165, 1.54) is 16.4 Å². The second kappa shape index (κ2) is 10.7. The van der Waals surface area contributed by atoms with Crippen molar-refractivity contribution in [2.45, 2.75) is 63.9 Å². The summed E-state index contributed by atoms with van der Waals surface area (Å²) in [6.45, 7) is 8.42. The van der Waals surface area contributed by atoms with Gasteiger partial charge in [-0.15, -0.1) is 0 Å². The molecule has 0 saturated carbocycles. The molecule has 1 heterocycles. The van der Waals surface area contributed by atoms with Crippen molar-refractivity contribution in [1.29, 1.82) is 0 Å². The Balaban J connectivity index is 1.73. The van der Waals surface area contributed by atoms with E-state index >= 15 is 0 Å². The molecule has 0 aromatic heterocycles. The maximum atomic E-state index is 13.0. The Morgan fingerprint density at radius 1 is 1.00 bits per heavy atom. The number of carbonyl (C=O) groups is 2. The van der Waals surface area contributed by atoms with Crippen LogP contribution in [-0.2, 0) is 26.1 Å². The minimum absolute atomic E-state index is 0.0682. The van der Waals surface area contributed by atoms with E-state index in [1.807, 2.05) is 51.1 Å². The Kier molecular flexibility index (Phi) is 8.15. The smallest absolute Gasteiger partial charge is 0.338 e. The van der Waals surface area contributed by atoms with Crippen molar-refractivity contribution in [2.24, 2.45) is 0 Å². The fourth-order valence-corrected chi connectivity index (χ4v) is 5.53. The van der Waals surface area contributed by atoms with Crippen LogP contribution in [0.25, 0.3) is 0 Å². The van der Waals surface area contributed by atoms with Crippen molar-refractivity contribution in [3.8, 4) is 0 Å². The van der Waals surface area contributed by atoms with Gasteiger partial charge in [0.2, 0.25) is 10.0 Å². The third kappa shape index (κ3) is 6.24. The lowest BCUT2D eigenvalue weighted by atomic mass is 10.0. The van der Waals surface area contributed by atoms with E-state index in [4.69, 9.17) is 4.74 Å². The number of aryl methyl sites for hydroxylation is 1. The number of ether oxygens (including phenoxy) is 1. The summed E-state index contributed by atoms with van der Waals surface area (Å²) in [4.78, 5) is 27.6. The molecule has 7 nitrogen and oxygen atoms in total. The first kappa shape index (κ1) is 25.9. The summed E-state index contributed by atoms with van der Waals surface area (Å²) in [5, 5.41) is 0. The maximum absolute atomic E-state index is 13.0. The third-order valence-corrected chi connectivity index (χ3v) is 7.90. The van der Waals surface area contributed by atoms with Crippen LogP contribution in [0.15, 0.2) is 53.4 Å². The average Bonchev–Trinajstić information content (AvgIpc) is 2.81. The number of carbonyl (C=O) groups excluding carboxylic acids is 2. The Morgan fingerprint density at radius 3 is 2.26 bits per heavy atom. The molecule has 3 rings (SSSR count). The van der Waals surface area contributed by atoms with Crippen LogP contribution in [0.5, 0.6) is 0 Å². The highest BCUT2D eigenvalue weighted by Crippen LogP contribution is 2.24. The summed E-state index contributed by atoms with van der Waals surface area (Å²) < 4.78 is 32.9. The van der Waals surface area contributed by atoms with Gasteiger partial charge in [0.15, 0.2) is 6.61 Å². The van der Waals surface area contributed by atoms with Gasteiger partial charge in [-0.3, -0.25) is 4.79 Å². The highest BCUT2D eigenvalue weighted by molar-refractivity contribution is 7.89. The van der Waals surface area contributed by atoms with E-state index in [1.54, 1.807) is 17.9 Å². The van der Waals surface area contributed by atoms with E-state index in [0.717, 1.165) is 24.8 Å². The molecule has 2 aromatic carbocycles.